The van der Waals surface area contributed by atoms with Gasteiger partial charge in [0.2, 0.25) is 0 Å². The van der Waals surface area contributed by atoms with Crippen molar-refractivity contribution in [3.8, 4) is 12.3 Å². The van der Waals surface area contributed by atoms with E-state index in [9.17, 15) is 0 Å². The van der Waals surface area contributed by atoms with Crippen molar-refractivity contribution in [3.63, 3.8) is 0 Å². The number of piperazine rings is 1. The van der Waals surface area contributed by atoms with Crippen molar-refractivity contribution in [1.82, 2.24) is 10.2 Å². The fraction of sp³-hybridized carbons (Fsp3) is 0.800. The highest BCUT2D eigenvalue weighted by molar-refractivity contribution is 5.11. The molecule has 1 saturated heterocycles. The molecule has 0 aromatic rings. The van der Waals surface area contributed by atoms with Crippen LogP contribution in [0.25, 0.3) is 0 Å². The monoisotopic (exact) mass is 166 g/mol. The van der Waals surface area contributed by atoms with Crippen LogP contribution in [0.5, 0.6) is 0 Å². The Bertz CT molecular complexity index is 177. The molecule has 68 valence electrons. The van der Waals surface area contributed by atoms with Gasteiger partial charge in [-0.3, -0.25) is 4.90 Å². The lowest BCUT2D eigenvalue weighted by molar-refractivity contribution is 0.131. The van der Waals surface area contributed by atoms with Crippen molar-refractivity contribution in [2.24, 2.45) is 0 Å². The Balaban J connectivity index is 2.59. The Morgan fingerprint density at radius 1 is 1.50 bits per heavy atom. The number of nitrogens with one attached hydrogen (secondary N) is 1. The summed E-state index contributed by atoms with van der Waals surface area (Å²) in [5.74, 6) is 2.90. The van der Waals surface area contributed by atoms with Gasteiger partial charge >= 0.3 is 0 Å². The van der Waals surface area contributed by atoms with Gasteiger partial charge in [-0.25, -0.2) is 0 Å². The smallest absolute Gasteiger partial charge is 0.0792 e. The van der Waals surface area contributed by atoms with Gasteiger partial charge in [0.15, 0.2) is 0 Å². The minimum absolute atomic E-state index is 0.0257. The molecule has 0 amide bonds. The molecular weight excluding hydrogens is 148 g/mol. The van der Waals surface area contributed by atoms with Gasteiger partial charge in [-0.05, 0) is 13.3 Å². The minimum Gasteiger partial charge on any atom is -0.314 e. The lowest BCUT2D eigenvalue weighted by Gasteiger charge is -2.39. The van der Waals surface area contributed by atoms with Gasteiger partial charge in [0.25, 0.3) is 0 Å². The summed E-state index contributed by atoms with van der Waals surface area (Å²) in [6.45, 7) is 8.60. The van der Waals surface area contributed by atoms with Crippen molar-refractivity contribution in [3.05, 3.63) is 0 Å². The van der Waals surface area contributed by atoms with Gasteiger partial charge in [0, 0.05) is 26.2 Å². The summed E-state index contributed by atoms with van der Waals surface area (Å²) >= 11 is 0. The average Bonchev–Trinajstić information content (AvgIpc) is 2.18. The van der Waals surface area contributed by atoms with E-state index in [-0.39, 0.29) is 5.54 Å². The first kappa shape index (κ1) is 9.57. The molecule has 0 bridgehead atoms. The molecule has 1 aliphatic rings. The Labute approximate surface area is 75.3 Å². The van der Waals surface area contributed by atoms with Crippen molar-refractivity contribution < 1.29 is 0 Å². The van der Waals surface area contributed by atoms with E-state index in [2.05, 4.69) is 30.0 Å². The first-order chi connectivity index (χ1) is 5.73. The molecular formula is C10H18N2. The number of hydrogen-bond acceptors (Lipinski definition) is 2. The number of hydrogen-bond donors (Lipinski definition) is 1. The number of nitrogens with zero attached hydrogens (tertiary/aromatic N) is 1. The van der Waals surface area contributed by atoms with Crippen molar-refractivity contribution >= 4 is 0 Å². The van der Waals surface area contributed by atoms with Gasteiger partial charge in [-0.2, -0.15) is 0 Å². The molecule has 0 saturated carbocycles. The molecule has 0 aromatic heterocycles. The molecule has 1 unspecified atom stereocenters. The molecule has 1 atom stereocenters. The predicted octanol–water partition coefficient (Wildman–Crippen LogP) is 0.694. The van der Waals surface area contributed by atoms with Crippen molar-refractivity contribution in [1.29, 1.82) is 0 Å². The molecule has 0 aromatic carbocycles. The quantitative estimate of drug-likeness (QED) is 0.607. The molecule has 1 rings (SSSR count). The molecule has 1 N–H and O–H groups in total. The fourth-order valence-electron chi connectivity index (χ4n) is 1.58. The molecule has 0 spiro atoms. The average molecular weight is 166 g/mol. The van der Waals surface area contributed by atoms with Crippen molar-refractivity contribution in [2.45, 2.75) is 25.8 Å². The largest absolute Gasteiger partial charge is 0.314 e. The molecule has 0 aliphatic carbocycles. The highest BCUT2D eigenvalue weighted by Gasteiger charge is 2.28. The van der Waals surface area contributed by atoms with Gasteiger partial charge in [-0.15, -0.1) is 6.42 Å². The topological polar surface area (TPSA) is 15.3 Å². The maximum absolute atomic E-state index is 5.54. The summed E-state index contributed by atoms with van der Waals surface area (Å²) in [5, 5.41) is 3.32. The second-order valence-corrected chi connectivity index (χ2v) is 3.51. The number of rotatable bonds is 2. The van der Waals surface area contributed by atoms with Crippen LogP contribution < -0.4 is 5.32 Å². The Hall–Kier alpha value is -0.520. The standard InChI is InChI=1S/C10H18N2/c1-4-10(3,5-2)12-8-6-11-7-9-12/h1,11H,5-9H2,2-3H3. The Morgan fingerprint density at radius 2 is 2.08 bits per heavy atom. The van der Waals surface area contributed by atoms with Gasteiger partial charge < -0.3 is 5.32 Å². The summed E-state index contributed by atoms with van der Waals surface area (Å²) in [4.78, 5) is 2.39. The zero-order chi connectivity index (χ0) is 9.03. The highest BCUT2D eigenvalue weighted by Crippen LogP contribution is 2.18. The van der Waals surface area contributed by atoms with Crippen molar-refractivity contribution in [2.75, 3.05) is 26.2 Å². The summed E-state index contributed by atoms with van der Waals surface area (Å²) in [6, 6.07) is 0. The van der Waals surface area contributed by atoms with E-state index in [0.717, 1.165) is 32.6 Å². The molecule has 2 nitrogen and oxygen atoms in total. The first-order valence-electron chi connectivity index (χ1n) is 4.66. The molecule has 1 heterocycles. The van der Waals surface area contributed by atoms with Gasteiger partial charge in [0.05, 0.1) is 5.54 Å². The second kappa shape index (κ2) is 3.93. The van der Waals surface area contributed by atoms with Gasteiger partial charge in [-0.1, -0.05) is 12.8 Å². The molecule has 1 fully saturated rings. The molecule has 12 heavy (non-hydrogen) atoms. The maximum Gasteiger partial charge on any atom is 0.0792 e. The van der Waals surface area contributed by atoms with E-state index in [0.29, 0.717) is 0 Å². The van der Waals surface area contributed by atoms with Crippen LogP contribution in [0.2, 0.25) is 0 Å². The van der Waals surface area contributed by atoms with Crippen LogP contribution in [-0.4, -0.2) is 36.6 Å². The third kappa shape index (κ3) is 1.80. The summed E-state index contributed by atoms with van der Waals surface area (Å²) in [6.07, 6.45) is 6.57. The van der Waals surface area contributed by atoms with E-state index < -0.39 is 0 Å². The molecule has 1 aliphatic heterocycles. The lowest BCUT2D eigenvalue weighted by Crippen LogP contribution is -2.53. The normalized spacial score (nSPS) is 24.4. The van der Waals surface area contributed by atoms with Crippen LogP contribution in [0.1, 0.15) is 20.3 Å². The summed E-state index contributed by atoms with van der Waals surface area (Å²) in [5.41, 5.74) is -0.0257. The second-order valence-electron chi connectivity index (χ2n) is 3.51. The van der Waals surface area contributed by atoms with Crippen LogP contribution in [0.4, 0.5) is 0 Å². The van der Waals surface area contributed by atoms with Crippen LogP contribution in [-0.2, 0) is 0 Å². The zero-order valence-corrected chi connectivity index (χ0v) is 8.06. The van der Waals surface area contributed by atoms with Crippen LogP contribution in [0.15, 0.2) is 0 Å². The Kier molecular flexibility index (Phi) is 3.13. The highest BCUT2D eigenvalue weighted by atomic mass is 15.2. The fourth-order valence-corrected chi connectivity index (χ4v) is 1.58. The van der Waals surface area contributed by atoms with E-state index in [1.165, 1.54) is 0 Å². The van der Waals surface area contributed by atoms with E-state index in [1.54, 1.807) is 0 Å². The molecule has 0 radical (unpaired) electrons. The van der Waals surface area contributed by atoms with Crippen LogP contribution in [0, 0.1) is 12.3 Å². The van der Waals surface area contributed by atoms with Gasteiger partial charge in [0.1, 0.15) is 0 Å². The lowest BCUT2D eigenvalue weighted by atomic mass is 9.97. The third-order valence-corrected chi connectivity index (χ3v) is 2.81. The minimum atomic E-state index is -0.0257. The first-order valence-corrected chi connectivity index (χ1v) is 4.66. The zero-order valence-electron chi connectivity index (χ0n) is 8.06. The summed E-state index contributed by atoms with van der Waals surface area (Å²) in [7, 11) is 0. The Morgan fingerprint density at radius 3 is 2.50 bits per heavy atom. The predicted molar refractivity (Wildman–Crippen MR) is 52.0 cm³/mol. The van der Waals surface area contributed by atoms with E-state index in [4.69, 9.17) is 6.42 Å². The summed E-state index contributed by atoms with van der Waals surface area (Å²) < 4.78 is 0. The number of terminal acetylenes is 1. The SMILES string of the molecule is C#CC(C)(CC)N1CCNCC1. The van der Waals surface area contributed by atoms with Crippen LogP contribution in [0.3, 0.4) is 0 Å². The van der Waals surface area contributed by atoms with Crippen LogP contribution >= 0.6 is 0 Å². The third-order valence-electron chi connectivity index (χ3n) is 2.81. The molecule has 2 heteroatoms. The maximum atomic E-state index is 5.54. The van der Waals surface area contributed by atoms with E-state index in [1.807, 2.05) is 0 Å². The van der Waals surface area contributed by atoms with E-state index >= 15 is 0 Å².